The van der Waals surface area contributed by atoms with Crippen molar-refractivity contribution in [2.24, 2.45) is 5.41 Å². The molecule has 2 aromatic rings. The van der Waals surface area contributed by atoms with Crippen molar-refractivity contribution in [2.75, 3.05) is 0 Å². The van der Waals surface area contributed by atoms with E-state index in [2.05, 4.69) is 21.6 Å². The third-order valence-electron chi connectivity index (χ3n) is 3.95. The van der Waals surface area contributed by atoms with Crippen LogP contribution < -0.4 is 0 Å². The number of hydrogen-bond acceptors (Lipinski definition) is 4. The number of carboxylic acids is 1. The van der Waals surface area contributed by atoms with E-state index < -0.39 is 11.4 Å². The Balaban J connectivity index is 2.41. The minimum Gasteiger partial charge on any atom is -0.481 e. The monoisotopic (exact) mass is 288 g/mol. The van der Waals surface area contributed by atoms with Gasteiger partial charge in [0.15, 0.2) is 5.82 Å². The average Bonchev–Trinajstić information content (AvgIpc) is 2.86. The summed E-state index contributed by atoms with van der Waals surface area (Å²) in [7, 11) is 0. The number of aryl methyl sites for hydroxylation is 2. The summed E-state index contributed by atoms with van der Waals surface area (Å²) in [6, 6.07) is 6.03. The third-order valence-corrected chi connectivity index (χ3v) is 3.95. The fraction of sp³-hybridized carbons (Fsp3) is 0.467. The van der Waals surface area contributed by atoms with Crippen molar-refractivity contribution in [3.63, 3.8) is 0 Å². The summed E-state index contributed by atoms with van der Waals surface area (Å²) in [5, 5.41) is 21.1. The van der Waals surface area contributed by atoms with Crippen molar-refractivity contribution in [2.45, 2.75) is 40.7 Å². The van der Waals surface area contributed by atoms with E-state index in [-0.39, 0.29) is 6.54 Å². The molecule has 0 amide bonds. The van der Waals surface area contributed by atoms with Gasteiger partial charge in [0, 0.05) is 5.56 Å². The van der Waals surface area contributed by atoms with Crippen LogP contribution in [0.25, 0.3) is 11.4 Å². The highest BCUT2D eigenvalue weighted by Gasteiger charge is 2.33. The number of carboxylic acid groups (broad SMARTS) is 1. The Kier molecular flexibility index (Phi) is 4.06. The van der Waals surface area contributed by atoms with Gasteiger partial charge in [-0.1, -0.05) is 30.7 Å². The molecule has 2 rings (SSSR count). The van der Waals surface area contributed by atoms with E-state index in [1.54, 1.807) is 11.6 Å². The standard InChI is InChI=1S/C15H20N4O2/c1-5-15(4,14(20)21)9-19-13(16-17-18-19)12-7-6-10(2)8-11(12)3/h6-8H,5,9H2,1-4H3,(H,20,21). The van der Waals surface area contributed by atoms with Gasteiger partial charge in [-0.2, -0.15) is 0 Å². The van der Waals surface area contributed by atoms with Crippen LogP contribution in [0.15, 0.2) is 18.2 Å². The van der Waals surface area contributed by atoms with Crippen molar-refractivity contribution < 1.29 is 9.90 Å². The molecule has 112 valence electrons. The molecule has 1 heterocycles. The van der Waals surface area contributed by atoms with E-state index in [1.807, 2.05) is 32.9 Å². The lowest BCUT2D eigenvalue weighted by Crippen LogP contribution is -2.32. The molecular formula is C15H20N4O2. The molecule has 0 saturated carbocycles. The molecule has 0 bridgehead atoms. The predicted octanol–water partition coefficient (Wildman–Crippen LogP) is 2.46. The molecular weight excluding hydrogens is 268 g/mol. The zero-order valence-electron chi connectivity index (χ0n) is 12.8. The lowest BCUT2D eigenvalue weighted by atomic mass is 9.87. The molecule has 1 atom stereocenters. The van der Waals surface area contributed by atoms with E-state index in [4.69, 9.17) is 0 Å². The summed E-state index contributed by atoms with van der Waals surface area (Å²) in [5.74, 6) is -0.236. The van der Waals surface area contributed by atoms with E-state index >= 15 is 0 Å². The highest BCUT2D eigenvalue weighted by molar-refractivity contribution is 5.74. The Labute approximate surface area is 123 Å². The van der Waals surface area contributed by atoms with Crippen molar-refractivity contribution in [1.82, 2.24) is 20.2 Å². The van der Waals surface area contributed by atoms with Crippen LogP contribution in [0.4, 0.5) is 0 Å². The maximum atomic E-state index is 11.5. The lowest BCUT2D eigenvalue weighted by molar-refractivity contribution is -0.149. The maximum Gasteiger partial charge on any atom is 0.311 e. The SMILES string of the molecule is CCC(C)(Cn1nnnc1-c1ccc(C)cc1C)C(=O)O. The maximum absolute atomic E-state index is 11.5. The molecule has 6 heteroatoms. The molecule has 1 aromatic heterocycles. The first-order valence-corrected chi connectivity index (χ1v) is 6.94. The van der Waals surface area contributed by atoms with Crippen LogP contribution >= 0.6 is 0 Å². The molecule has 0 saturated heterocycles. The Morgan fingerprint density at radius 3 is 2.67 bits per heavy atom. The minimum atomic E-state index is -0.886. The van der Waals surface area contributed by atoms with Crippen LogP contribution in [0.3, 0.4) is 0 Å². The second-order valence-electron chi connectivity index (χ2n) is 5.70. The van der Waals surface area contributed by atoms with Crippen LogP contribution in [0, 0.1) is 19.3 Å². The van der Waals surface area contributed by atoms with Gasteiger partial charge < -0.3 is 5.11 Å². The van der Waals surface area contributed by atoms with Crippen LogP contribution in [0.2, 0.25) is 0 Å². The molecule has 1 aromatic carbocycles. The fourth-order valence-electron chi connectivity index (χ4n) is 2.23. The van der Waals surface area contributed by atoms with Gasteiger partial charge in [-0.25, -0.2) is 4.68 Å². The summed E-state index contributed by atoms with van der Waals surface area (Å²) in [5.41, 5.74) is 2.27. The minimum absolute atomic E-state index is 0.245. The van der Waals surface area contributed by atoms with Gasteiger partial charge in [0.05, 0.1) is 12.0 Å². The number of nitrogens with zero attached hydrogens (tertiary/aromatic N) is 4. The summed E-state index contributed by atoms with van der Waals surface area (Å²) in [4.78, 5) is 11.5. The van der Waals surface area contributed by atoms with E-state index in [1.165, 1.54) is 5.56 Å². The number of aromatic nitrogens is 4. The summed E-state index contributed by atoms with van der Waals surface area (Å²) in [6.07, 6.45) is 0.508. The zero-order chi connectivity index (χ0) is 15.6. The Bertz CT molecular complexity index is 665. The topological polar surface area (TPSA) is 80.9 Å². The number of carbonyl (C=O) groups is 1. The number of benzene rings is 1. The Morgan fingerprint density at radius 2 is 2.10 bits per heavy atom. The lowest BCUT2D eigenvalue weighted by Gasteiger charge is -2.23. The molecule has 0 fully saturated rings. The number of aliphatic carboxylic acids is 1. The summed E-state index contributed by atoms with van der Waals surface area (Å²) < 4.78 is 1.58. The largest absolute Gasteiger partial charge is 0.481 e. The highest BCUT2D eigenvalue weighted by Crippen LogP contribution is 2.27. The first-order valence-electron chi connectivity index (χ1n) is 6.94. The molecule has 1 N–H and O–H groups in total. The van der Waals surface area contributed by atoms with Gasteiger partial charge in [-0.15, -0.1) is 5.10 Å². The number of hydrogen-bond donors (Lipinski definition) is 1. The van der Waals surface area contributed by atoms with E-state index in [0.29, 0.717) is 12.2 Å². The zero-order valence-corrected chi connectivity index (χ0v) is 12.8. The number of tetrazole rings is 1. The molecule has 21 heavy (non-hydrogen) atoms. The predicted molar refractivity (Wildman–Crippen MR) is 78.8 cm³/mol. The van der Waals surface area contributed by atoms with Crippen molar-refractivity contribution >= 4 is 5.97 Å². The van der Waals surface area contributed by atoms with Gasteiger partial charge in [0.1, 0.15) is 0 Å². The molecule has 0 aliphatic carbocycles. The number of rotatable bonds is 5. The molecule has 0 radical (unpaired) electrons. The van der Waals surface area contributed by atoms with Crippen LogP contribution in [0.5, 0.6) is 0 Å². The van der Waals surface area contributed by atoms with Crippen LogP contribution in [-0.2, 0) is 11.3 Å². The van der Waals surface area contributed by atoms with E-state index in [0.717, 1.165) is 11.1 Å². The third kappa shape index (κ3) is 2.94. The first kappa shape index (κ1) is 15.2. The summed E-state index contributed by atoms with van der Waals surface area (Å²) in [6.45, 7) is 7.84. The highest BCUT2D eigenvalue weighted by atomic mass is 16.4. The molecule has 6 nitrogen and oxygen atoms in total. The Hall–Kier alpha value is -2.24. The molecule has 0 aliphatic rings. The van der Waals surface area contributed by atoms with Crippen LogP contribution in [0.1, 0.15) is 31.4 Å². The van der Waals surface area contributed by atoms with Crippen molar-refractivity contribution in [3.8, 4) is 11.4 Å². The van der Waals surface area contributed by atoms with Crippen LogP contribution in [-0.4, -0.2) is 31.3 Å². The molecule has 0 spiro atoms. The average molecular weight is 288 g/mol. The second kappa shape index (κ2) is 5.63. The van der Waals surface area contributed by atoms with Crippen molar-refractivity contribution in [3.05, 3.63) is 29.3 Å². The van der Waals surface area contributed by atoms with E-state index in [9.17, 15) is 9.90 Å². The molecule has 1 unspecified atom stereocenters. The van der Waals surface area contributed by atoms with Gasteiger partial charge in [0.2, 0.25) is 0 Å². The van der Waals surface area contributed by atoms with Gasteiger partial charge in [-0.3, -0.25) is 4.79 Å². The smallest absolute Gasteiger partial charge is 0.311 e. The second-order valence-corrected chi connectivity index (χ2v) is 5.70. The van der Waals surface area contributed by atoms with Crippen molar-refractivity contribution in [1.29, 1.82) is 0 Å². The Morgan fingerprint density at radius 1 is 1.38 bits per heavy atom. The molecule has 0 aliphatic heterocycles. The normalized spacial score (nSPS) is 13.9. The van der Waals surface area contributed by atoms with Gasteiger partial charge in [-0.05, 0) is 43.2 Å². The summed E-state index contributed by atoms with van der Waals surface area (Å²) >= 11 is 0. The quantitative estimate of drug-likeness (QED) is 0.914. The fourth-order valence-corrected chi connectivity index (χ4v) is 2.23. The van der Waals surface area contributed by atoms with Gasteiger partial charge in [0.25, 0.3) is 0 Å². The van der Waals surface area contributed by atoms with Gasteiger partial charge >= 0.3 is 5.97 Å². The first-order chi connectivity index (χ1) is 9.87.